The molecule has 190 valence electrons. The summed E-state index contributed by atoms with van der Waals surface area (Å²) in [4.78, 5) is 25.6. The van der Waals surface area contributed by atoms with E-state index in [1.54, 1.807) is 30.9 Å². The molecule has 0 unspecified atom stereocenters. The first kappa shape index (κ1) is 29.1. The van der Waals surface area contributed by atoms with Gasteiger partial charge in [0.25, 0.3) is 5.91 Å². The molecule has 0 saturated heterocycles. The van der Waals surface area contributed by atoms with Crippen molar-refractivity contribution in [3.63, 3.8) is 0 Å². The largest absolute Gasteiger partial charge is 0.508 e. The van der Waals surface area contributed by atoms with E-state index in [2.05, 4.69) is 17.9 Å². The van der Waals surface area contributed by atoms with Crippen LogP contribution in [0, 0.1) is 13.8 Å². The van der Waals surface area contributed by atoms with Gasteiger partial charge in [-0.3, -0.25) is 4.79 Å². The number of aromatic hydroxyl groups is 4. The summed E-state index contributed by atoms with van der Waals surface area (Å²) in [5, 5.41) is 38.9. The van der Waals surface area contributed by atoms with Gasteiger partial charge < -0.3 is 30.1 Å². The topological polar surface area (TPSA) is 128 Å². The van der Waals surface area contributed by atoms with Crippen molar-refractivity contribution in [1.82, 2.24) is 4.90 Å². The van der Waals surface area contributed by atoms with Crippen molar-refractivity contribution in [1.29, 1.82) is 0 Å². The molecule has 0 aliphatic carbocycles. The van der Waals surface area contributed by atoms with Crippen LogP contribution in [0.25, 0.3) is 0 Å². The predicted octanol–water partition coefficient (Wildman–Crippen LogP) is 4.54. The van der Waals surface area contributed by atoms with Gasteiger partial charge in [0.05, 0.1) is 12.7 Å². The van der Waals surface area contributed by atoms with E-state index in [9.17, 15) is 30.0 Å². The van der Waals surface area contributed by atoms with E-state index in [-0.39, 0.29) is 40.0 Å². The van der Waals surface area contributed by atoms with Crippen LogP contribution in [0.3, 0.4) is 0 Å². The van der Waals surface area contributed by atoms with Gasteiger partial charge in [0, 0.05) is 25.2 Å². The minimum Gasteiger partial charge on any atom is -0.508 e. The summed E-state index contributed by atoms with van der Waals surface area (Å²) >= 11 is 0. The van der Waals surface area contributed by atoms with Crippen LogP contribution in [0.1, 0.15) is 56.8 Å². The van der Waals surface area contributed by atoms with Crippen molar-refractivity contribution in [2.75, 3.05) is 20.2 Å². The number of phenols is 4. The van der Waals surface area contributed by atoms with Crippen LogP contribution in [-0.2, 0) is 17.6 Å². The number of nitrogens with zero attached hydrogens (tertiary/aromatic N) is 1. The van der Waals surface area contributed by atoms with Gasteiger partial charge in [-0.2, -0.15) is 0 Å². The third-order valence-corrected chi connectivity index (χ3v) is 5.69. The van der Waals surface area contributed by atoms with Gasteiger partial charge in [0.2, 0.25) is 0 Å². The number of methoxy groups -OCH3 is 1. The van der Waals surface area contributed by atoms with Crippen LogP contribution in [0.2, 0.25) is 0 Å². The minimum atomic E-state index is -0.627. The first-order valence-corrected chi connectivity index (χ1v) is 11.2. The number of rotatable bonds is 8. The molecule has 1 amide bonds. The fourth-order valence-electron chi connectivity index (χ4n) is 3.65. The fourth-order valence-corrected chi connectivity index (χ4v) is 3.65. The van der Waals surface area contributed by atoms with Crippen molar-refractivity contribution in [3.05, 3.63) is 70.8 Å². The SMILES string of the molecule is C=CCc1c(C)c(O)cc(O)c1C(=O)N(CC)CC.C=CCc1c(C)c(O)cc(O)c1C(=O)OC. The lowest BCUT2D eigenvalue weighted by molar-refractivity contribution is 0.0595. The normalized spacial score (nSPS) is 10.1. The molecule has 0 radical (unpaired) electrons. The quantitative estimate of drug-likeness (QED) is 0.319. The number of amides is 1. The maximum absolute atomic E-state index is 12.4. The average molecular weight is 486 g/mol. The number of carbonyl (C=O) groups is 2. The maximum atomic E-state index is 12.4. The number of benzene rings is 2. The molecule has 2 aromatic carbocycles. The van der Waals surface area contributed by atoms with Crippen LogP contribution in [-0.4, -0.2) is 57.4 Å². The fraction of sp³-hybridized carbons (Fsp3) is 0.333. The van der Waals surface area contributed by atoms with E-state index < -0.39 is 5.97 Å². The molecule has 0 heterocycles. The smallest absolute Gasteiger partial charge is 0.341 e. The highest BCUT2D eigenvalue weighted by atomic mass is 16.5. The van der Waals surface area contributed by atoms with Crippen LogP contribution < -0.4 is 0 Å². The van der Waals surface area contributed by atoms with Crippen molar-refractivity contribution in [2.45, 2.75) is 40.5 Å². The van der Waals surface area contributed by atoms with Gasteiger partial charge in [-0.15, -0.1) is 13.2 Å². The highest BCUT2D eigenvalue weighted by Gasteiger charge is 2.23. The van der Waals surface area contributed by atoms with E-state index in [4.69, 9.17) is 0 Å². The molecule has 0 saturated carbocycles. The number of allylic oxidation sites excluding steroid dienone is 2. The van der Waals surface area contributed by atoms with Crippen molar-refractivity contribution >= 4 is 11.9 Å². The number of carbonyl (C=O) groups excluding carboxylic acids is 2. The Hall–Kier alpha value is -3.94. The van der Waals surface area contributed by atoms with Gasteiger partial charge in [0.15, 0.2) is 0 Å². The van der Waals surface area contributed by atoms with Gasteiger partial charge in [-0.25, -0.2) is 4.79 Å². The first-order chi connectivity index (χ1) is 16.5. The third-order valence-electron chi connectivity index (χ3n) is 5.69. The van der Waals surface area contributed by atoms with Crippen molar-refractivity contribution in [3.8, 4) is 23.0 Å². The number of ether oxygens (including phenoxy) is 1. The third kappa shape index (κ3) is 6.56. The molecule has 4 N–H and O–H groups in total. The summed E-state index contributed by atoms with van der Waals surface area (Å²) in [5.74, 6) is -1.38. The summed E-state index contributed by atoms with van der Waals surface area (Å²) in [7, 11) is 1.24. The monoisotopic (exact) mass is 485 g/mol. The Balaban J connectivity index is 0.000000355. The van der Waals surface area contributed by atoms with Gasteiger partial charge in [0.1, 0.15) is 28.6 Å². The zero-order valence-electron chi connectivity index (χ0n) is 21.0. The predicted molar refractivity (Wildman–Crippen MR) is 135 cm³/mol. The maximum Gasteiger partial charge on any atom is 0.341 e. The Labute approximate surface area is 206 Å². The zero-order valence-corrected chi connectivity index (χ0v) is 21.0. The molecule has 35 heavy (non-hydrogen) atoms. The summed E-state index contributed by atoms with van der Waals surface area (Å²) < 4.78 is 4.58. The van der Waals surface area contributed by atoms with E-state index in [0.717, 1.165) is 6.07 Å². The molecule has 2 aromatic rings. The van der Waals surface area contributed by atoms with Crippen molar-refractivity contribution < 1.29 is 34.8 Å². The number of esters is 1. The molecule has 0 fully saturated rings. The minimum absolute atomic E-state index is 0.00885. The molecular formula is C27H35NO7. The molecule has 0 atom stereocenters. The second kappa shape index (κ2) is 13.1. The Bertz CT molecular complexity index is 1100. The van der Waals surface area contributed by atoms with E-state index in [1.165, 1.54) is 13.2 Å². The van der Waals surface area contributed by atoms with Gasteiger partial charge in [-0.05, 0) is 62.8 Å². The highest BCUT2D eigenvalue weighted by Crippen LogP contribution is 2.34. The lowest BCUT2D eigenvalue weighted by Gasteiger charge is -2.22. The summed E-state index contributed by atoms with van der Waals surface area (Å²) in [5.41, 5.74) is 2.65. The van der Waals surface area contributed by atoms with E-state index in [0.29, 0.717) is 48.2 Å². The van der Waals surface area contributed by atoms with E-state index >= 15 is 0 Å². The molecule has 0 spiro atoms. The summed E-state index contributed by atoms with van der Waals surface area (Å²) in [6.45, 7) is 15.5. The van der Waals surface area contributed by atoms with Crippen LogP contribution in [0.15, 0.2) is 37.4 Å². The van der Waals surface area contributed by atoms with Crippen molar-refractivity contribution in [2.24, 2.45) is 0 Å². The lowest BCUT2D eigenvalue weighted by Crippen LogP contribution is -2.31. The highest BCUT2D eigenvalue weighted by molar-refractivity contribution is 5.99. The van der Waals surface area contributed by atoms with Crippen LogP contribution >= 0.6 is 0 Å². The van der Waals surface area contributed by atoms with Crippen LogP contribution in [0.4, 0.5) is 0 Å². The van der Waals surface area contributed by atoms with Gasteiger partial charge >= 0.3 is 5.97 Å². The first-order valence-electron chi connectivity index (χ1n) is 11.2. The lowest BCUT2D eigenvalue weighted by atomic mass is 9.96. The summed E-state index contributed by atoms with van der Waals surface area (Å²) in [6, 6.07) is 2.35. The molecule has 8 heteroatoms. The molecule has 0 aliphatic rings. The summed E-state index contributed by atoms with van der Waals surface area (Å²) in [6.07, 6.45) is 4.04. The molecule has 0 aliphatic heterocycles. The Morgan fingerprint density at radius 1 is 0.829 bits per heavy atom. The molecule has 2 rings (SSSR count). The Kier molecular flexibility index (Phi) is 10.9. The number of hydrogen-bond donors (Lipinski definition) is 4. The second-order valence-corrected chi connectivity index (χ2v) is 7.74. The molecule has 0 aromatic heterocycles. The molecule has 8 nitrogen and oxygen atoms in total. The standard InChI is InChI=1S/C15H21NO3.C12H14O4/c1-5-8-11-10(4)12(17)9-13(18)14(11)15(19)16(6-2)7-3;1-4-5-8-7(2)9(13)6-10(14)11(8)12(15)16-3/h5,9,17-18H,1,6-8H2,2-4H3;4,6,13-14H,1,5H2,2-3H3. The molecule has 0 bridgehead atoms. The number of hydrogen-bond acceptors (Lipinski definition) is 7. The Morgan fingerprint density at radius 2 is 1.23 bits per heavy atom. The van der Waals surface area contributed by atoms with Crippen LogP contribution in [0.5, 0.6) is 23.0 Å². The zero-order chi connectivity index (χ0) is 26.9. The molecular weight excluding hydrogens is 450 g/mol. The average Bonchev–Trinajstić information content (AvgIpc) is 2.81. The second-order valence-electron chi connectivity index (χ2n) is 7.74. The Morgan fingerprint density at radius 3 is 1.60 bits per heavy atom. The van der Waals surface area contributed by atoms with E-state index in [1.807, 2.05) is 13.8 Å². The van der Waals surface area contributed by atoms with Gasteiger partial charge in [-0.1, -0.05) is 12.2 Å². The number of phenolic OH excluding ortho intramolecular Hbond substituents is 4.